The van der Waals surface area contributed by atoms with Gasteiger partial charge in [-0.2, -0.15) is 0 Å². The fourth-order valence-electron chi connectivity index (χ4n) is 5.46. The Labute approximate surface area is 201 Å². The zero-order valence-corrected chi connectivity index (χ0v) is 19.8. The van der Waals surface area contributed by atoms with Gasteiger partial charge in [0.1, 0.15) is 5.82 Å². The van der Waals surface area contributed by atoms with Gasteiger partial charge in [0.25, 0.3) is 0 Å². The maximum atomic E-state index is 13.5. The summed E-state index contributed by atoms with van der Waals surface area (Å²) >= 11 is 0. The topological polar surface area (TPSA) is 62.3 Å². The lowest BCUT2D eigenvalue weighted by Crippen LogP contribution is -2.40. The summed E-state index contributed by atoms with van der Waals surface area (Å²) in [6.45, 7) is 5.06. The van der Waals surface area contributed by atoms with Crippen molar-refractivity contribution in [3.05, 3.63) is 78.5 Å². The van der Waals surface area contributed by atoms with Gasteiger partial charge in [-0.25, -0.2) is 4.98 Å². The Kier molecular flexibility index (Phi) is 5.94. The van der Waals surface area contributed by atoms with Crippen molar-refractivity contribution < 1.29 is 9.59 Å². The molecule has 1 saturated carbocycles. The number of rotatable bonds is 7. The highest BCUT2D eigenvalue weighted by molar-refractivity contribution is 6.01. The van der Waals surface area contributed by atoms with E-state index in [2.05, 4.69) is 36.3 Å². The molecule has 174 valence electrons. The maximum Gasteiger partial charge on any atom is 0.233 e. The molecular formula is C29H31N3O2. The minimum Gasteiger partial charge on any atom is -0.312 e. The first kappa shape index (κ1) is 22.3. The second kappa shape index (κ2) is 9.05. The van der Waals surface area contributed by atoms with Crippen molar-refractivity contribution in [1.29, 1.82) is 0 Å². The van der Waals surface area contributed by atoms with E-state index in [9.17, 15) is 9.59 Å². The van der Waals surface area contributed by atoms with Crippen LogP contribution in [0.15, 0.2) is 72.9 Å². The lowest BCUT2D eigenvalue weighted by Gasteiger charge is -2.32. The van der Waals surface area contributed by atoms with Gasteiger partial charge < -0.3 is 10.2 Å². The molecule has 1 aromatic heterocycles. The van der Waals surface area contributed by atoms with E-state index in [1.165, 1.54) is 0 Å². The van der Waals surface area contributed by atoms with Gasteiger partial charge in [0.15, 0.2) is 0 Å². The van der Waals surface area contributed by atoms with Crippen molar-refractivity contribution in [3.8, 4) is 11.1 Å². The third-order valence-electron chi connectivity index (χ3n) is 7.48. The average Bonchev–Trinajstić information content (AvgIpc) is 3.63. The number of nitrogens with zero attached hydrogens (tertiary/aromatic N) is 2. The summed E-state index contributed by atoms with van der Waals surface area (Å²) in [4.78, 5) is 32.4. The number of aromatic nitrogens is 1. The molecule has 5 heteroatoms. The minimum atomic E-state index is -0.238. The molecule has 5 rings (SSSR count). The monoisotopic (exact) mass is 453 g/mol. The Morgan fingerprint density at radius 2 is 1.76 bits per heavy atom. The van der Waals surface area contributed by atoms with E-state index >= 15 is 0 Å². The van der Waals surface area contributed by atoms with Gasteiger partial charge in [-0.3, -0.25) is 9.59 Å². The molecule has 1 saturated heterocycles. The molecule has 0 bridgehead atoms. The van der Waals surface area contributed by atoms with Crippen molar-refractivity contribution in [1.82, 2.24) is 4.98 Å². The van der Waals surface area contributed by atoms with Crippen LogP contribution in [-0.4, -0.2) is 23.3 Å². The fourth-order valence-corrected chi connectivity index (χ4v) is 5.46. The molecule has 1 atom stereocenters. The molecule has 2 fully saturated rings. The molecule has 0 radical (unpaired) electrons. The lowest BCUT2D eigenvalue weighted by molar-refractivity contribution is -0.129. The van der Waals surface area contributed by atoms with Crippen molar-refractivity contribution >= 4 is 23.3 Å². The first-order valence-electron chi connectivity index (χ1n) is 12.2. The van der Waals surface area contributed by atoms with Gasteiger partial charge >= 0.3 is 0 Å². The van der Waals surface area contributed by atoms with Crippen LogP contribution in [0.4, 0.5) is 11.5 Å². The maximum absolute atomic E-state index is 13.5. The van der Waals surface area contributed by atoms with E-state index in [0.717, 1.165) is 48.2 Å². The summed E-state index contributed by atoms with van der Waals surface area (Å²) in [5.74, 6) is 1.42. The number of carbonyl (C=O) groups excluding carboxylic acids is 2. The molecule has 2 aliphatic rings. The highest BCUT2D eigenvalue weighted by atomic mass is 16.2. The van der Waals surface area contributed by atoms with Crippen LogP contribution in [-0.2, 0) is 16.0 Å². The third-order valence-corrected chi connectivity index (χ3v) is 7.48. The normalized spacial score (nSPS) is 20.1. The van der Waals surface area contributed by atoms with Crippen LogP contribution in [0.1, 0.15) is 38.7 Å². The Hall–Kier alpha value is -3.47. The van der Waals surface area contributed by atoms with E-state index in [1.54, 1.807) is 6.20 Å². The molecular weight excluding hydrogens is 422 g/mol. The third kappa shape index (κ3) is 4.23. The van der Waals surface area contributed by atoms with Crippen molar-refractivity contribution in [2.45, 2.75) is 39.5 Å². The standard InChI is InChI=1S/C29H31N3O2/c1-20(2)29(24-12-13-24)15-17-32(28(29)34)25-14-16-30-26(19-25)31-27(33)18-21-8-10-23(11-9-21)22-6-4-3-5-7-22/h3-11,14,16,19-20,24H,12-13,15,17-18H2,1-2H3,(H,30,31,33)/t29-/m1/s1. The van der Waals surface area contributed by atoms with Crippen molar-refractivity contribution in [3.63, 3.8) is 0 Å². The largest absolute Gasteiger partial charge is 0.312 e. The summed E-state index contributed by atoms with van der Waals surface area (Å²) < 4.78 is 0. The number of hydrogen-bond donors (Lipinski definition) is 1. The molecule has 1 N–H and O–H groups in total. The number of carbonyl (C=O) groups is 2. The molecule has 5 nitrogen and oxygen atoms in total. The lowest BCUT2D eigenvalue weighted by atomic mass is 9.71. The van der Waals surface area contributed by atoms with E-state index in [0.29, 0.717) is 17.7 Å². The Morgan fingerprint density at radius 1 is 1.06 bits per heavy atom. The molecule has 0 unspecified atom stereocenters. The van der Waals surface area contributed by atoms with E-state index in [-0.39, 0.29) is 23.7 Å². The summed E-state index contributed by atoms with van der Waals surface area (Å²) in [6.07, 6.45) is 5.14. The second-order valence-electron chi connectivity index (χ2n) is 9.86. The predicted molar refractivity (Wildman–Crippen MR) is 135 cm³/mol. The van der Waals surface area contributed by atoms with Crippen molar-refractivity contribution in [2.75, 3.05) is 16.8 Å². The number of anilines is 2. The summed E-state index contributed by atoms with van der Waals surface area (Å²) in [6, 6.07) is 21.9. The van der Waals surface area contributed by atoms with E-state index < -0.39 is 0 Å². The molecule has 3 aromatic rings. The zero-order chi connectivity index (χ0) is 23.7. The minimum absolute atomic E-state index is 0.126. The molecule has 1 aliphatic heterocycles. The molecule has 0 spiro atoms. The van der Waals surface area contributed by atoms with Gasteiger partial charge in [-0.1, -0.05) is 68.4 Å². The SMILES string of the molecule is CC(C)[C@@]1(C2CC2)CCN(c2ccnc(NC(=O)Cc3ccc(-c4ccccc4)cc3)c2)C1=O. The second-order valence-corrected chi connectivity index (χ2v) is 9.86. The highest BCUT2D eigenvalue weighted by Crippen LogP contribution is 2.56. The van der Waals surface area contributed by atoms with Gasteiger partial charge in [0, 0.05) is 24.5 Å². The van der Waals surface area contributed by atoms with Crippen LogP contribution < -0.4 is 10.2 Å². The summed E-state index contributed by atoms with van der Waals surface area (Å²) in [7, 11) is 0. The van der Waals surface area contributed by atoms with Crippen LogP contribution in [0, 0.1) is 17.3 Å². The van der Waals surface area contributed by atoms with Gasteiger partial charge in [-0.05, 0) is 53.9 Å². The van der Waals surface area contributed by atoms with Gasteiger partial charge in [0.05, 0.1) is 11.8 Å². The molecule has 2 amide bonds. The first-order valence-corrected chi connectivity index (χ1v) is 12.2. The highest BCUT2D eigenvalue weighted by Gasteiger charge is 2.57. The Morgan fingerprint density at radius 3 is 2.44 bits per heavy atom. The number of benzene rings is 2. The van der Waals surface area contributed by atoms with Crippen LogP contribution in [0.3, 0.4) is 0 Å². The molecule has 2 aromatic carbocycles. The Balaban J connectivity index is 1.25. The molecule has 1 aliphatic carbocycles. The van der Waals surface area contributed by atoms with Crippen LogP contribution in [0.2, 0.25) is 0 Å². The van der Waals surface area contributed by atoms with Crippen LogP contribution >= 0.6 is 0 Å². The number of nitrogens with one attached hydrogen (secondary N) is 1. The number of amides is 2. The van der Waals surface area contributed by atoms with Crippen LogP contribution in [0.25, 0.3) is 11.1 Å². The number of pyridine rings is 1. The first-order chi connectivity index (χ1) is 16.5. The summed E-state index contributed by atoms with van der Waals surface area (Å²) in [5, 5.41) is 2.91. The van der Waals surface area contributed by atoms with E-state index in [4.69, 9.17) is 0 Å². The molecule has 2 heterocycles. The average molecular weight is 454 g/mol. The van der Waals surface area contributed by atoms with E-state index in [1.807, 2.05) is 59.5 Å². The van der Waals surface area contributed by atoms with Gasteiger partial charge in [0.2, 0.25) is 11.8 Å². The van der Waals surface area contributed by atoms with Crippen molar-refractivity contribution in [2.24, 2.45) is 17.3 Å². The zero-order valence-electron chi connectivity index (χ0n) is 19.8. The quantitative estimate of drug-likeness (QED) is 0.498. The smallest absolute Gasteiger partial charge is 0.233 e. The fraction of sp³-hybridized carbons (Fsp3) is 0.345. The number of hydrogen-bond acceptors (Lipinski definition) is 3. The van der Waals surface area contributed by atoms with Crippen LogP contribution in [0.5, 0.6) is 0 Å². The summed E-state index contributed by atoms with van der Waals surface area (Å²) in [5.41, 5.74) is 3.79. The van der Waals surface area contributed by atoms with Gasteiger partial charge in [-0.15, -0.1) is 0 Å². The predicted octanol–water partition coefficient (Wildman–Crippen LogP) is 5.72. The Bertz CT molecular complexity index is 1180. The molecule has 34 heavy (non-hydrogen) atoms.